The molecule has 0 saturated carbocycles. The fourth-order valence-electron chi connectivity index (χ4n) is 13.8. The molecule has 1 unspecified atom stereocenters. The van der Waals surface area contributed by atoms with Gasteiger partial charge in [-0.05, 0) is 161 Å². The monoisotopic (exact) mass is 1100 g/mol. The van der Waals surface area contributed by atoms with Gasteiger partial charge in [-0.1, -0.05) is 192 Å². The van der Waals surface area contributed by atoms with Crippen molar-refractivity contribution in [2.45, 2.75) is 117 Å². The van der Waals surface area contributed by atoms with Crippen LogP contribution in [0.4, 0.5) is 22.7 Å². The molecule has 414 valence electrons. The SMILES string of the molecule is CC(C)(C)c1cc(-c2cc(C(C)(C)C)cc(-c3ccccc3)c2N2CN(c3cccc(Oc4cc5c6c7c(n(-c8cc(C(C)(C)C)ccn8)c6c4)C=CCC7[Si]54c5ccccc5Oc5ccccc54)c3)c3ccccc32)cc(C(C)(C)C)c1. The van der Waals surface area contributed by atoms with Gasteiger partial charge in [0.05, 0.1) is 28.3 Å². The Morgan fingerprint density at radius 1 is 0.506 bits per heavy atom. The number of fused-ring (bicyclic) bond motifs is 7. The lowest BCUT2D eigenvalue weighted by Gasteiger charge is -2.42. The smallest absolute Gasteiger partial charge is 0.166 e. The number of anilines is 4. The minimum Gasteiger partial charge on any atom is -0.458 e. The first-order valence-electron chi connectivity index (χ1n) is 29.7. The number of aromatic nitrogens is 2. The maximum absolute atomic E-state index is 7.40. The van der Waals surface area contributed by atoms with Crippen LogP contribution in [0.5, 0.6) is 23.0 Å². The standard InChI is InChI=1S/C76H74N4O2Si/c1-73(2,3)50-36-37-77-69(43-50)80-61-30-23-35-67-70(61)71-62(80)45-56(46-68(71)83(67)65-33-20-18-31-63(65)82-64-32-19-21-34-66(64)83)81-55-27-22-26-54(44-55)78-47-79(60-29-17-16-28-59(60)78)72-57(48-24-14-13-15-25-48)41-53(76(10,11)12)42-58(72)49-38-51(74(4,5)6)40-52(39-49)75(7,8)9/h13-34,36-46,67H,35,47H2,1-12H3. The molecule has 2 aromatic heterocycles. The van der Waals surface area contributed by atoms with Crippen LogP contribution < -0.4 is 34.8 Å². The van der Waals surface area contributed by atoms with E-state index < -0.39 is 8.07 Å². The van der Waals surface area contributed by atoms with E-state index in [-0.39, 0.29) is 27.2 Å². The van der Waals surface area contributed by atoms with Crippen LogP contribution in [0.15, 0.2) is 194 Å². The third-order valence-electron chi connectivity index (χ3n) is 18.2. The lowest BCUT2D eigenvalue weighted by molar-refractivity contribution is 0.483. The van der Waals surface area contributed by atoms with Gasteiger partial charge in [-0.15, -0.1) is 0 Å². The molecule has 0 saturated heterocycles. The zero-order chi connectivity index (χ0) is 57.5. The number of rotatable bonds is 7. The van der Waals surface area contributed by atoms with E-state index in [1.54, 1.807) is 0 Å². The summed E-state index contributed by atoms with van der Waals surface area (Å²) in [6.07, 6.45) is 7.68. The van der Waals surface area contributed by atoms with Crippen molar-refractivity contribution in [2.24, 2.45) is 0 Å². The molecular weight excluding hydrogens is 1030 g/mol. The first-order chi connectivity index (χ1) is 39.7. The summed E-state index contributed by atoms with van der Waals surface area (Å²) in [6.45, 7) is 28.5. The zero-order valence-electron chi connectivity index (χ0n) is 50.1. The van der Waals surface area contributed by atoms with Gasteiger partial charge in [-0.25, -0.2) is 4.98 Å². The molecule has 0 bridgehead atoms. The second-order valence-electron chi connectivity index (χ2n) is 27.7. The van der Waals surface area contributed by atoms with Crippen LogP contribution >= 0.6 is 0 Å². The second-order valence-corrected chi connectivity index (χ2v) is 31.6. The molecular formula is C76H74N4O2Si. The Morgan fingerprint density at radius 3 is 1.75 bits per heavy atom. The highest BCUT2D eigenvalue weighted by molar-refractivity contribution is 7.15. The van der Waals surface area contributed by atoms with Gasteiger partial charge in [0.1, 0.15) is 35.5 Å². The molecule has 1 spiro atoms. The Labute approximate surface area is 491 Å². The average Bonchev–Trinajstić information content (AvgIpc) is 1.55. The third kappa shape index (κ3) is 8.51. The van der Waals surface area contributed by atoms with Crippen molar-refractivity contribution in [1.29, 1.82) is 0 Å². The predicted molar refractivity (Wildman–Crippen MR) is 349 cm³/mol. The Kier molecular flexibility index (Phi) is 11.9. The van der Waals surface area contributed by atoms with Crippen LogP contribution in [0, 0.1) is 0 Å². The molecule has 0 fully saturated rings. The number of allylic oxidation sites excluding steroid dienone is 1. The highest BCUT2D eigenvalue weighted by Crippen LogP contribution is 2.54. The van der Waals surface area contributed by atoms with Gasteiger partial charge in [-0.3, -0.25) is 4.57 Å². The quantitative estimate of drug-likeness (QED) is 0.149. The molecule has 5 heterocycles. The summed E-state index contributed by atoms with van der Waals surface area (Å²) in [5.41, 5.74) is 18.4. The number of benzene rings is 8. The largest absolute Gasteiger partial charge is 0.458 e. The summed E-state index contributed by atoms with van der Waals surface area (Å²) >= 11 is 0. The van der Waals surface area contributed by atoms with Crippen molar-refractivity contribution < 1.29 is 9.47 Å². The zero-order valence-corrected chi connectivity index (χ0v) is 51.1. The van der Waals surface area contributed by atoms with Crippen molar-refractivity contribution in [3.8, 4) is 51.1 Å². The van der Waals surface area contributed by atoms with Crippen LogP contribution in [0.25, 0.3) is 45.1 Å². The molecule has 1 aliphatic carbocycles. The van der Waals surface area contributed by atoms with Gasteiger partial charge < -0.3 is 19.3 Å². The average molecular weight is 1100 g/mol. The summed E-state index contributed by atoms with van der Waals surface area (Å²) in [5, 5.41) is 5.34. The Hall–Kier alpha value is -8.39. The van der Waals surface area contributed by atoms with Crippen LogP contribution in [-0.4, -0.2) is 24.3 Å². The van der Waals surface area contributed by atoms with E-state index in [2.05, 4.69) is 292 Å². The third-order valence-corrected chi connectivity index (χ3v) is 23.5. The topological polar surface area (TPSA) is 42.8 Å². The minimum atomic E-state index is -2.85. The van der Waals surface area contributed by atoms with Crippen molar-refractivity contribution in [2.75, 3.05) is 16.5 Å². The van der Waals surface area contributed by atoms with Crippen molar-refractivity contribution in [3.63, 3.8) is 0 Å². The maximum atomic E-state index is 7.40. The van der Waals surface area contributed by atoms with Gasteiger partial charge >= 0.3 is 0 Å². The summed E-state index contributed by atoms with van der Waals surface area (Å²) in [4.78, 5) is 10.2. The summed E-state index contributed by atoms with van der Waals surface area (Å²) in [5.74, 6) is 4.42. The maximum Gasteiger partial charge on any atom is 0.166 e. The highest BCUT2D eigenvalue weighted by Gasteiger charge is 2.59. The van der Waals surface area contributed by atoms with E-state index in [0.717, 1.165) is 57.8 Å². The minimum absolute atomic E-state index is 0.0574. The van der Waals surface area contributed by atoms with Crippen LogP contribution in [-0.2, 0) is 21.7 Å². The van der Waals surface area contributed by atoms with Gasteiger partial charge in [0, 0.05) is 40.5 Å². The Balaban J connectivity index is 0.934. The predicted octanol–water partition coefficient (Wildman–Crippen LogP) is 18.2. The fourth-order valence-corrected chi connectivity index (χ4v) is 19.8. The van der Waals surface area contributed by atoms with Gasteiger partial charge in [0.25, 0.3) is 0 Å². The molecule has 0 N–H and O–H groups in total. The van der Waals surface area contributed by atoms with Crippen LogP contribution in [0.2, 0.25) is 0 Å². The number of ether oxygens (including phenoxy) is 2. The summed E-state index contributed by atoms with van der Waals surface area (Å²) < 4.78 is 16.7. The molecule has 0 radical (unpaired) electrons. The lowest BCUT2D eigenvalue weighted by atomic mass is 9.77. The summed E-state index contributed by atoms with van der Waals surface area (Å²) in [7, 11) is -2.85. The highest BCUT2D eigenvalue weighted by atomic mass is 28.3. The molecule has 14 rings (SSSR count). The van der Waals surface area contributed by atoms with Crippen LogP contribution in [0.1, 0.15) is 129 Å². The molecule has 83 heavy (non-hydrogen) atoms. The molecule has 0 amide bonds. The second kappa shape index (κ2) is 18.8. The van der Waals surface area contributed by atoms with E-state index >= 15 is 0 Å². The molecule has 8 aromatic carbocycles. The van der Waals surface area contributed by atoms with Crippen molar-refractivity contribution in [1.82, 2.24) is 9.55 Å². The molecule has 10 aromatic rings. The lowest BCUT2D eigenvalue weighted by Crippen LogP contribution is -2.70. The molecule has 3 aliphatic heterocycles. The van der Waals surface area contributed by atoms with Crippen LogP contribution in [0.3, 0.4) is 0 Å². The molecule has 4 aliphatic rings. The van der Waals surface area contributed by atoms with E-state index in [0.29, 0.717) is 6.67 Å². The van der Waals surface area contributed by atoms with Gasteiger partial charge in [0.2, 0.25) is 0 Å². The molecule has 1 atom stereocenters. The van der Waals surface area contributed by atoms with Crippen molar-refractivity contribution >= 4 is 63.4 Å². The number of nitrogens with zero attached hydrogens (tertiary/aromatic N) is 4. The fraction of sp³-hybridized carbons (Fsp3) is 0.250. The van der Waals surface area contributed by atoms with E-state index in [4.69, 9.17) is 14.5 Å². The first-order valence-corrected chi connectivity index (χ1v) is 31.8. The first kappa shape index (κ1) is 52.7. The van der Waals surface area contributed by atoms with Gasteiger partial charge in [-0.2, -0.15) is 0 Å². The molecule has 7 heteroatoms. The van der Waals surface area contributed by atoms with Gasteiger partial charge in [0.15, 0.2) is 8.07 Å². The number of hydrogen-bond acceptors (Lipinski definition) is 5. The molecule has 6 nitrogen and oxygen atoms in total. The van der Waals surface area contributed by atoms with E-state index in [1.807, 2.05) is 6.20 Å². The Morgan fingerprint density at radius 2 is 1.10 bits per heavy atom. The Bertz CT molecular complexity index is 4210. The van der Waals surface area contributed by atoms with E-state index in [1.165, 1.54) is 82.4 Å². The van der Waals surface area contributed by atoms with Crippen molar-refractivity contribution in [3.05, 3.63) is 228 Å². The number of hydrogen-bond donors (Lipinski definition) is 0. The van der Waals surface area contributed by atoms with E-state index in [9.17, 15) is 0 Å². The number of pyridine rings is 1. The summed E-state index contributed by atoms with van der Waals surface area (Å²) in [6, 6.07) is 67.8. The normalized spacial score (nSPS) is 15.8. The number of para-hydroxylation sites is 4.